The smallest absolute Gasteiger partial charge is 0.328 e. The fourth-order valence-electron chi connectivity index (χ4n) is 2.52. The largest absolute Gasteiger partial charge is 0.464 e. The Labute approximate surface area is 123 Å². The average Bonchev–Trinajstić information content (AvgIpc) is 2.82. The van der Waals surface area contributed by atoms with Crippen LogP contribution in [0.15, 0.2) is 42.2 Å². The highest BCUT2D eigenvalue weighted by Crippen LogP contribution is 2.30. The number of esters is 1. The molecule has 0 amide bonds. The van der Waals surface area contributed by atoms with Gasteiger partial charge in [0.1, 0.15) is 6.04 Å². The van der Waals surface area contributed by atoms with Crippen molar-refractivity contribution in [3.8, 4) is 0 Å². The Morgan fingerprint density at radius 2 is 2.19 bits per heavy atom. The van der Waals surface area contributed by atoms with Gasteiger partial charge in [0.2, 0.25) is 0 Å². The second-order valence-corrected chi connectivity index (χ2v) is 4.83. The molecule has 0 aromatic heterocycles. The summed E-state index contributed by atoms with van der Waals surface area (Å²) < 4.78 is 5.07. The molecule has 21 heavy (non-hydrogen) atoms. The highest BCUT2D eigenvalue weighted by molar-refractivity contribution is 5.76. The third kappa shape index (κ3) is 3.81. The number of nitrogens with zero attached hydrogens (tertiary/aromatic N) is 2. The molecular formula is C15H18N2O4. The van der Waals surface area contributed by atoms with Crippen molar-refractivity contribution in [3.05, 3.63) is 57.9 Å². The maximum Gasteiger partial charge on any atom is 0.328 e. The Kier molecular flexibility index (Phi) is 4.92. The molecule has 1 aliphatic heterocycles. The molecular weight excluding hydrogens is 272 g/mol. The fraction of sp³-hybridized carbons (Fsp3) is 0.400. The normalized spacial score (nSPS) is 19.8. The van der Waals surface area contributed by atoms with Crippen LogP contribution in [-0.4, -0.2) is 28.4 Å². The second kappa shape index (κ2) is 6.88. The second-order valence-electron chi connectivity index (χ2n) is 4.83. The number of allylic oxidation sites excluding steroid dienone is 1. The summed E-state index contributed by atoms with van der Waals surface area (Å²) in [5.41, 5.74) is 1.57. The maximum atomic E-state index is 12.0. The van der Waals surface area contributed by atoms with Crippen molar-refractivity contribution in [2.45, 2.75) is 32.4 Å². The number of carbonyl (C=O) groups excluding carboxylic acids is 1. The number of nitro groups is 1. The van der Waals surface area contributed by atoms with Gasteiger partial charge in [-0.3, -0.25) is 10.1 Å². The number of benzene rings is 1. The molecule has 6 heteroatoms. The molecule has 1 heterocycles. The summed E-state index contributed by atoms with van der Waals surface area (Å²) in [5.74, 6) is -0.319. The summed E-state index contributed by atoms with van der Waals surface area (Å²) in [6.45, 7) is 2.52. The van der Waals surface area contributed by atoms with Crippen LogP contribution in [0, 0.1) is 10.1 Å². The molecule has 1 aromatic carbocycles. The minimum atomic E-state index is -0.471. The first-order valence-corrected chi connectivity index (χ1v) is 6.93. The molecule has 1 fully saturated rings. The van der Waals surface area contributed by atoms with Gasteiger partial charge in [-0.2, -0.15) is 0 Å². The van der Waals surface area contributed by atoms with E-state index in [1.807, 2.05) is 30.3 Å². The monoisotopic (exact) mass is 290 g/mol. The highest BCUT2D eigenvalue weighted by atomic mass is 16.6. The topological polar surface area (TPSA) is 72.7 Å². The Bertz CT molecular complexity index is 542. The van der Waals surface area contributed by atoms with E-state index in [1.54, 1.807) is 11.8 Å². The van der Waals surface area contributed by atoms with Gasteiger partial charge in [-0.15, -0.1) is 0 Å². The van der Waals surface area contributed by atoms with Gasteiger partial charge in [0.05, 0.1) is 17.2 Å². The molecule has 0 spiro atoms. The van der Waals surface area contributed by atoms with Crippen LogP contribution < -0.4 is 0 Å². The van der Waals surface area contributed by atoms with Gasteiger partial charge < -0.3 is 9.64 Å². The number of carbonyl (C=O) groups is 1. The lowest BCUT2D eigenvalue weighted by Gasteiger charge is -2.25. The predicted octanol–water partition coefficient (Wildman–Crippen LogP) is 2.33. The van der Waals surface area contributed by atoms with Crippen LogP contribution in [0.25, 0.3) is 0 Å². The first-order chi connectivity index (χ1) is 10.1. The molecule has 2 rings (SSSR count). The molecule has 1 aromatic rings. The number of rotatable bonds is 5. The van der Waals surface area contributed by atoms with E-state index in [-0.39, 0.29) is 5.97 Å². The van der Waals surface area contributed by atoms with E-state index in [0.717, 1.165) is 11.8 Å². The van der Waals surface area contributed by atoms with Crippen molar-refractivity contribution >= 4 is 5.97 Å². The summed E-state index contributed by atoms with van der Waals surface area (Å²) in [4.78, 5) is 24.1. The van der Waals surface area contributed by atoms with Gasteiger partial charge in [0.25, 0.3) is 6.20 Å². The van der Waals surface area contributed by atoms with Crippen molar-refractivity contribution in [2.75, 3.05) is 6.61 Å². The lowest BCUT2D eigenvalue weighted by molar-refractivity contribution is -0.404. The Hall–Kier alpha value is -2.37. The predicted molar refractivity (Wildman–Crippen MR) is 76.7 cm³/mol. The van der Waals surface area contributed by atoms with Gasteiger partial charge in [0, 0.05) is 6.54 Å². The summed E-state index contributed by atoms with van der Waals surface area (Å²) in [7, 11) is 0. The zero-order valence-electron chi connectivity index (χ0n) is 11.9. The summed E-state index contributed by atoms with van der Waals surface area (Å²) in [6.07, 6.45) is 2.05. The highest BCUT2D eigenvalue weighted by Gasteiger charge is 2.36. The molecule has 0 radical (unpaired) electrons. The van der Waals surface area contributed by atoms with E-state index in [2.05, 4.69) is 0 Å². The van der Waals surface area contributed by atoms with Crippen LogP contribution in [0.5, 0.6) is 0 Å². The quantitative estimate of drug-likeness (QED) is 0.473. The van der Waals surface area contributed by atoms with Gasteiger partial charge in [-0.25, -0.2) is 4.79 Å². The van der Waals surface area contributed by atoms with Crippen molar-refractivity contribution < 1.29 is 14.5 Å². The van der Waals surface area contributed by atoms with Crippen LogP contribution in [0.3, 0.4) is 0 Å². The molecule has 0 bridgehead atoms. The van der Waals surface area contributed by atoms with E-state index in [9.17, 15) is 14.9 Å². The molecule has 1 aliphatic rings. The zero-order valence-corrected chi connectivity index (χ0v) is 11.9. The fourth-order valence-corrected chi connectivity index (χ4v) is 2.52. The molecule has 0 saturated carbocycles. The third-order valence-corrected chi connectivity index (χ3v) is 3.43. The minimum Gasteiger partial charge on any atom is -0.464 e. The van der Waals surface area contributed by atoms with E-state index >= 15 is 0 Å². The van der Waals surface area contributed by atoms with E-state index in [1.165, 1.54) is 0 Å². The van der Waals surface area contributed by atoms with E-state index in [0.29, 0.717) is 31.7 Å². The molecule has 1 saturated heterocycles. The van der Waals surface area contributed by atoms with Crippen LogP contribution in [0.4, 0.5) is 0 Å². The van der Waals surface area contributed by atoms with Gasteiger partial charge in [-0.1, -0.05) is 30.3 Å². The molecule has 112 valence electrons. The third-order valence-electron chi connectivity index (χ3n) is 3.43. The lowest BCUT2D eigenvalue weighted by atomic mass is 10.2. The minimum absolute atomic E-state index is 0.308. The first kappa shape index (κ1) is 15.0. The molecule has 0 N–H and O–H groups in total. The van der Waals surface area contributed by atoms with Crippen LogP contribution in [0.2, 0.25) is 0 Å². The molecule has 1 unspecified atom stereocenters. The van der Waals surface area contributed by atoms with Crippen LogP contribution in [-0.2, 0) is 16.1 Å². The SMILES string of the molecule is CCOC(=O)C1CC/C(=C\[N+](=O)[O-])N1Cc1ccccc1. The Morgan fingerprint density at radius 1 is 1.48 bits per heavy atom. The number of hydrogen-bond acceptors (Lipinski definition) is 5. The summed E-state index contributed by atoms with van der Waals surface area (Å²) in [5, 5.41) is 10.7. The zero-order chi connectivity index (χ0) is 15.2. The Morgan fingerprint density at radius 3 is 2.81 bits per heavy atom. The lowest BCUT2D eigenvalue weighted by Crippen LogP contribution is -2.36. The van der Waals surface area contributed by atoms with Gasteiger partial charge >= 0.3 is 5.97 Å². The molecule has 1 atom stereocenters. The van der Waals surface area contributed by atoms with Gasteiger partial charge in [0.15, 0.2) is 0 Å². The number of ether oxygens (including phenoxy) is 1. The van der Waals surface area contributed by atoms with Crippen LogP contribution >= 0.6 is 0 Å². The standard InChI is InChI=1S/C15H18N2O4/c1-2-21-15(18)14-9-8-13(11-17(19)20)16(14)10-12-6-4-3-5-7-12/h3-7,11,14H,2,8-10H2,1H3/b13-11+. The van der Waals surface area contributed by atoms with Crippen molar-refractivity contribution in [1.82, 2.24) is 4.90 Å². The van der Waals surface area contributed by atoms with Gasteiger partial charge in [-0.05, 0) is 25.3 Å². The van der Waals surface area contributed by atoms with Crippen molar-refractivity contribution in [1.29, 1.82) is 0 Å². The molecule has 6 nitrogen and oxygen atoms in total. The van der Waals surface area contributed by atoms with E-state index < -0.39 is 11.0 Å². The Balaban J connectivity index is 2.22. The number of likely N-dealkylation sites (tertiary alicyclic amines) is 1. The first-order valence-electron chi connectivity index (χ1n) is 6.93. The van der Waals surface area contributed by atoms with Crippen LogP contribution in [0.1, 0.15) is 25.3 Å². The molecule has 0 aliphatic carbocycles. The summed E-state index contributed by atoms with van der Waals surface area (Å²) in [6, 6.07) is 9.14. The summed E-state index contributed by atoms with van der Waals surface area (Å²) >= 11 is 0. The number of hydrogen-bond donors (Lipinski definition) is 0. The van der Waals surface area contributed by atoms with E-state index in [4.69, 9.17) is 4.74 Å². The van der Waals surface area contributed by atoms with Crippen molar-refractivity contribution in [3.63, 3.8) is 0 Å². The average molecular weight is 290 g/mol. The maximum absolute atomic E-state index is 12.0. The van der Waals surface area contributed by atoms with Crippen molar-refractivity contribution in [2.24, 2.45) is 0 Å².